The predicted molar refractivity (Wildman–Crippen MR) is 107 cm³/mol. The highest BCUT2D eigenvalue weighted by atomic mass is 35.5. The molecule has 6 nitrogen and oxygen atoms in total. The van der Waals surface area contributed by atoms with Crippen molar-refractivity contribution in [2.24, 2.45) is 0 Å². The topological polar surface area (TPSA) is 84.2 Å². The summed E-state index contributed by atoms with van der Waals surface area (Å²) in [5.41, 5.74) is 0.708. The first-order valence-corrected chi connectivity index (χ1v) is 9.41. The van der Waals surface area contributed by atoms with Gasteiger partial charge in [-0.25, -0.2) is 9.37 Å². The molecule has 0 bridgehead atoms. The number of aryl methyl sites for hydroxylation is 1. The first-order valence-electron chi connectivity index (χ1n) is 9.03. The summed E-state index contributed by atoms with van der Waals surface area (Å²) in [6.45, 7) is 0.421. The van der Waals surface area contributed by atoms with Gasteiger partial charge in [-0.05, 0) is 24.3 Å². The van der Waals surface area contributed by atoms with Crippen LogP contribution in [0.3, 0.4) is 0 Å². The van der Waals surface area contributed by atoms with E-state index in [0.29, 0.717) is 23.1 Å². The maximum atomic E-state index is 13.5. The molecule has 1 heterocycles. The van der Waals surface area contributed by atoms with Crippen LogP contribution in [0.15, 0.2) is 59.1 Å². The monoisotopic (exact) mass is 415 g/mol. The van der Waals surface area contributed by atoms with E-state index < -0.39 is 11.7 Å². The number of amides is 2. The van der Waals surface area contributed by atoms with Gasteiger partial charge >= 0.3 is 0 Å². The van der Waals surface area contributed by atoms with Gasteiger partial charge in [0.05, 0.1) is 16.8 Å². The minimum Gasteiger partial charge on any atom is -0.441 e. The highest BCUT2D eigenvalue weighted by molar-refractivity contribution is 6.33. The molecule has 0 spiro atoms. The second kappa shape index (κ2) is 9.84. The van der Waals surface area contributed by atoms with Crippen LogP contribution in [-0.4, -0.2) is 29.9 Å². The number of rotatable bonds is 8. The standard InChI is InChI=1S/C21H19ClFN3O3/c22-16-7-3-1-5-14(16)18-13-26-20(29-18)10-9-19(27)24-11-12-25-21(28)15-6-2-4-8-17(15)23/h1-8,13H,9-12H2,(H,24,27)(H,25,28). The van der Waals surface area contributed by atoms with Crippen LogP contribution in [0, 0.1) is 5.82 Å². The van der Waals surface area contributed by atoms with Crippen molar-refractivity contribution in [2.45, 2.75) is 12.8 Å². The van der Waals surface area contributed by atoms with E-state index in [9.17, 15) is 14.0 Å². The SMILES string of the molecule is O=C(CCc1ncc(-c2ccccc2Cl)o1)NCCNC(=O)c1ccccc1F. The average Bonchev–Trinajstić information content (AvgIpc) is 3.19. The third-order valence-corrected chi connectivity index (χ3v) is 4.44. The van der Waals surface area contributed by atoms with Gasteiger partial charge in [-0.2, -0.15) is 0 Å². The summed E-state index contributed by atoms with van der Waals surface area (Å²) in [5.74, 6) is -0.340. The van der Waals surface area contributed by atoms with Crippen molar-refractivity contribution in [1.29, 1.82) is 0 Å². The van der Waals surface area contributed by atoms with Crippen molar-refractivity contribution < 1.29 is 18.4 Å². The normalized spacial score (nSPS) is 10.6. The lowest BCUT2D eigenvalue weighted by Crippen LogP contribution is -2.35. The molecule has 150 valence electrons. The van der Waals surface area contributed by atoms with Crippen molar-refractivity contribution in [3.05, 3.63) is 77.0 Å². The molecule has 0 radical (unpaired) electrons. The summed E-state index contributed by atoms with van der Waals surface area (Å²) in [5, 5.41) is 5.80. The number of halogens is 2. The lowest BCUT2D eigenvalue weighted by Gasteiger charge is -2.07. The number of aromatic nitrogens is 1. The number of hydrogen-bond donors (Lipinski definition) is 2. The molecule has 2 aromatic carbocycles. The van der Waals surface area contributed by atoms with Gasteiger partial charge in [0.25, 0.3) is 5.91 Å². The lowest BCUT2D eigenvalue weighted by molar-refractivity contribution is -0.121. The second-order valence-corrected chi connectivity index (χ2v) is 6.59. The Balaban J connectivity index is 1.39. The third-order valence-electron chi connectivity index (χ3n) is 4.11. The molecule has 0 unspecified atom stereocenters. The number of benzene rings is 2. The molecule has 0 saturated heterocycles. The predicted octanol–water partition coefficient (Wildman–Crippen LogP) is 3.61. The van der Waals surface area contributed by atoms with Crippen LogP contribution in [-0.2, 0) is 11.2 Å². The molecule has 3 rings (SSSR count). The minimum atomic E-state index is -0.587. The molecule has 0 saturated carbocycles. The number of hydrogen-bond acceptors (Lipinski definition) is 4. The van der Waals surface area contributed by atoms with E-state index in [1.807, 2.05) is 18.2 Å². The molecule has 0 fully saturated rings. The van der Waals surface area contributed by atoms with Crippen molar-refractivity contribution in [3.8, 4) is 11.3 Å². The molecule has 0 aliphatic rings. The molecule has 3 aromatic rings. The molecule has 1 aromatic heterocycles. The molecular weight excluding hydrogens is 397 g/mol. The number of nitrogens with one attached hydrogen (secondary N) is 2. The number of oxazole rings is 1. The molecule has 0 atom stereocenters. The first-order chi connectivity index (χ1) is 14.0. The van der Waals surface area contributed by atoms with E-state index in [1.165, 1.54) is 18.2 Å². The maximum Gasteiger partial charge on any atom is 0.254 e. The fraction of sp³-hybridized carbons (Fsp3) is 0.190. The van der Waals surface area contributed by atoms with Crippen molar-refractivity contribution in [1.82, 2.24) is 15.6 Å². The van der Waals surface area contributed by atoms with E-state index in [0.717, 1.165) is 5.56 Å². The summed E-state index contributed by atoms with van der Waals surface area (Å²) in [7, 11) is 0. The van der Waals surface area contributed by atoms with Gasteiger partial charge in [0.15, 0.2) is 11.7 Å². The molecule has 2 amide bonds. The third kappa shape index (κ3) is 5.65. The van der Waals surface area contributed by atoms with E-state index in [2.05, 4.69) is 15.6 Å². The van der Waals surface area contributed by atoms with Crippen molar-refractivity contribution in [3.63, 3.8) is 0 Å². The largest absolute Gasteiger partial charge is 0.441 e. The van der Waals surface area contributed by atoms with Crippen LogP contribution in [0.4, 0.5) is 4.39 Å². The number of carbonyl (C=O) groups is 2. The lowest BCUT2D eigenvalue weighted by atomic mass is 10.2. The molecule has 2 N–H and O–H groups in total. The van der Waals surface area contributed by atoms with Gasteiger partial charge in [0.1, 0.15) is 5.82 Å². The Hall–Kier alpha value is -3.19. The van der Waals surface area contributed by atoms with Gasteiger partial charge in [0.2, 0.25) is 5.91 Å². The summed E-state index contributed by atoms with van der Waals surface area (Å²) in [4.78, 5) is 28.0. The zero-order chi connectivity index (χ0) is 20.6. The van der Waals surface area contributed by atoms with Gasteiger partial charge < -0.3 is 15.1 Å². The first kappa shape index (κ1) is 20.5. The van der Waals surface area contributed by atoms with Crippen LogP contribution in [0.1, 0.15) is 22.7 Å². The Bertz CT molecular complexity index is 1010. The van der Waals surface area contributed by atoms with Crippen LogP contribution >= 0.6 is 11.6 Å². The Labute approximate surface area is 172 Å². The highest BCUT2D eigenvalue weighted by Gasteiger charge is 2.12. The van der Waals surface area contributed by atoms with E-state index in [4.69, 9.17) is 16.0 Å². The van der Waals surface area contributed by atoms with Gasteiger partial charge in [0, 0.05) is 31.5 Å². The molecule has 8 heteroatoms. The summed E-state index contributed by atoms with van der Waals surface area (Å²) < 4.78 is 19.2. The zero-order valence-electron chi connectivity index (χ0n) is 15.5. The van der Waals surface area contributed by atoms with E-state index in [1.54, 1.807) is 18.3 Å². The van der Waals surface area contributed by atoms with Crippen molar-refractivity contribution in [2.75, 3.05) is 13.1 Å². The van der Waals surface area contributed by atoms with E-state index >= 15 is 0 Å². The van der Waals surface area contributed by atoms with Crippen LogP contribution < -0.4 is 10.6 Å². The Morgan fingerprint density at radius 2 is 1.76 bits per heavy atom. The summed E-state index contributed by atoms with van der Waals surface area (Å²) in [6, 6.07) is 13.0. The van der Waals surface area contributed by atoms with Gasteiger partial charge in [-0.1, -0.05) is 35.9 Å². The quantitative estimate of drug-likeness (QED) is 0.550. The highest BCUT2D eigenvalue weighted by Crippen LogP contribution is 2.28. The van der Waals surface area contributed by atoms with E-state index in [-0.39, 0.29) is 31.0 Å². The number of carbonyl (C=O) groups excluding carboxylic acids is 2. The smallest absolute Gasteiger partial charge is 0.254 e. The molecule has 0 aliphatic heterocycles. The maximum absolute atomic E-state index is 13.5. The minimum absolute atomic E-state index is 0.0305. The second-order valence-electron chi connectivity index (χ2n) is 6.18. The van der Waals surface area contributed by atoms with Crippen molar-refractivity contribution >= 4 is 23.4 Å². The fourth-order valence-corrected chi connectivity index (χ4v) is 2.87. The Morgan fingerprint density at radius 1 is 1.03 bits per heavy atom. The average molecular weight is 416 g/mol. The zero-order valence-corrected chi connectivity index (χ0v) is 16.2. The Kier molecular flexibility index (Phi) is 6.97. The van der Waals surface area contributed by atoms with Crippen LogP contribution in [0.2, 0.25) is 5.02 Å². The Morgan fingerprint density at radius 3 is 2.55 bits per heavy atom. The molecule has 0 aliphatic carbocycles. The van der Waals surface area contributed by atoms with Gasteiger partial charge in [-0.15, -0.1) is 0 Å². The molecular formula is C21H19ClFN3O3. The summed E-state index contributed by atoms with van der Waals surface area (Å²) >= 11 is 6.13. The van der Waals surface area contributed by atoms with Crippen LogP contribution in [0.25, 0.3) is 11.3 Å². The number of nitrogens with zero attached hydrogens (tertiary/aromatic N) is 1. The molecule has 29 heavy (non-hydrogen) atoms. The summed E-state index contributed by atoms with van der Waals surface area (Å²) in [6.07, 6.45) is 2.09. The fourth-order valence-electron chi connectivity index (χ4n) is 2.64. The van der Waals surface area contributed by atoms with Gasteiger partial charge in [-0.3, -0.25) is 9.59 Å². The van der Waals surface area contributed by atoms with Crippen LogP contribution in [0.5, 0.6) is 0 Å².